The lowest BCUT2D eigenvalue weighted by Gasteiger charge is -2.29. The van der Waals surface area contributed by atoms with Gasteiger partial charge in [-0.3, -0.25) is 9.69 Å². The summed E-state index contributed by atoms with van der Waals surface area (Å²) in [4.78, 5) is 14.4. The topological polar surface area (TPSA) is 32.3 Å². The van der Waals surface area contributed by atoms with E-state index in [1.807, 2.05) is 0 Å². The van der Waals surface area contributed by atoms with Crippen LogP contribution in [-0.4, -0.2) is 30.4 Å². The molecule has 2 aromatic carbocycles. The summed E-state index contributed by atoms with van der Waals surface area (Å²) in [7, 11) is 0. The number of carbonyl (C=O) groups is 1. The minimum Gasteiger partial charge on any atom is -0.350 e. The van der Waals surface area contributed by atoms with Gasteiger partial charge in [-0.1, -0.05) is 23.7 Å². The molecule has 1 aliphatic rings. The third-order valence-electron chi connectivity index (χ3n) is 4.46. The van der Waals surface area contributed by atoms with Gasteiger partial charge in [-0.25, -0.2) is 8.78 Å². The second kappa shape index (κ2) is 7.93. The van der Waals surface area contributed by atoms with E-state index in [0.717, 1.165) is 25.9 Å². The Morgan fingerprint density at radius 1 is 1.16 bits per heavy atom. The van der Waals surface area contributed by atoms with Gasteiger partial charge >= 0.3 is 0 Å². The lowest BCUT2D eigenvalue weighted by Crippen LogP contribution is -2.37. The van der Waals surface area contributed by atoms with Gasteiger partial charge in [0.15, 0.2) is 0 Å². The molecule has 1 N–H and O–H groups in total. The number of hydrogen-bond acceptors (Lipinski definition) is 2. The van der Waals surface area contributed by atoms with Crippen LogP contribution in [0.2, 0.25) is 5.02 Å². The molecule has 6 heteroatoms. The van der Waals surface area contributed by atoms with Crippen molar-refractivity contribution >= 4 is 17.5 Å². The normalized spacial score (nSPS) is 16.0. The van der Waals surface area contributed by atoms with Gasteiger partial charge in [0.05, 0.1) is 6.04 Å². The van der Waals surface area contributed by atoms with Crippen molar-refractivity contribution in [3.63, 3.8) is 0 Å². The fourth-order valence-corrected chi connectivity index (χ4v) is 3.51. The summed E-state index contributed by atoms with van der Waals surface area (Å²) in [6, 6.07) is 9.71. The zero-order chi connectivity index (χ0) is 17.8. The number of nitrogens with one attached hydrogen (secondary N) is 1. The maximum absolute atomic E-state index is 14.4. The van der Waals surface area contributed by atoms with Crippen LogP contribution < -0.4 is 5.32 Å². The molecule has 0 radical (unpaired) electrons. The molecule has 132 valence electrons. The minimum atomic E-state index is -0.471. The van der Waals surface area contributed by atoms with Crippen LogP contribution in [0.1, 0.15) is 34.8 Å². The van der Waals surface area contributed by atoms with Crippen LogP contribution in [0.3, 0.4) is 0 Å². The molecule has 3 nitrogen and oxygen atoms in total. The number of hydrogen-bond donors (Lipinski definition) is 1. The Morgan fingerprint density at radius 2 is 1.88 bits per heavy atom. The van der Waals surface area contributed by atoms with E-state index >= 15 is 0 Å². The molecule has 0 spiro atoms. The first kappa shape index (κ1) is 17.8. The van der Waals surface area contributed by atoms with Gasteiger partial charge in [-0.05, 0) is 56.3 Å². The highest BCUT2D eigenvalue weighted by molar-refractivity contribution is 6.31. The maximum Gasteiger partial charge on any atom is 0.251 e. The molecule has 0 aliphatic carbocycles. The Hall–Kier alpha value is -1.98. The molecule has 1 aliphatic heterocycles. The summed E-state index contributed by atoms with van der Waals surface area (Å²) in [6.45, 7) is 1.85. The quantitative estimate of drug-likeness (QED) is 0.863. The summed E-state index contributed by atoms with van der Waals surface area (Å²) in [6.07, 6.45) is 2.06. The second-order valence-corrected chi connectivity index (χ2v) is 6.52. The van der Waals surface area contributed by atoms with Crippen molar-refractivity contribution in [3.05, 3.63) is 70.2 Å². The van der Waals surface area contributed by atoms with Gasteiger partial charge in [0.1, 0.15) is 11.6 Å². The van der Waals surface area contributed by atoms with Crippen LogP contribution >= 0.6 is 11.6 Å². The second-order valence-electron chi connectivity index (χ2n) is 6.11. The highest BCUT2D eigenvalue weighted by Crippen LogP contribution is 2.32. The average Bonchev–Trinajstić information content (AvgIpc) is 3.11. The van der Waals surface area contributed by atoms with Crippen molar-refractivity contribution in [1.82, 2.24) is 10.2 Å². The SMILES string of the molecule is O=C(NCC(c1c(F)cccc1Cl)N1CCCC1)c1cccc(F)c1. The first-order valence-corrected chi connectivity index (χ1v) is 8.66. The van der Waals surface area contributed by atoms with Crippen LogP contribution in [0.25, 0.3) is 0 Å². The summed E-state index contributed by atoms with van der Waals surface area (Å²) in [5, 5.41) is 3.13. The molecule has 3 rings (SSSR count). The predicted octanol–water partition coefficient (Wildman–Crippen LogP) is 4.19. The summed E-state index contributed by atoms with van der Waals surface area (Å²) < 4.78 is 27.7. The number of carbonyl (C=O) groups excluding carboxylic acids is 1. The van der Waals surface area contributed by atoms with Gasteiger partial charge in [0, 0.05) is 22.7 Å². The third-order valence-corrected chi connectivity index (χ3v) is 4.79. The van der Waals surface area contributed by atoms with E-state index < -0.39 is 11.7 Å². The van der Waals surface area contributed by atoms with E-state index in [-0.39, 0.29) is 24.0 Å². The lowest BCUT2D eigenvalue weighted by molar-refractivity contribution is 0.0936. The van der Waals surface area contributed by atoms with Gasteiger partial charge in [0.2, 0.25) is 0 Å². The third kappa shape index (κ3) is 4.17. The van der Waals surface area contributed by atoms with E-state index in [2.05, 4.69) is 10.2 Å². The van der Waals surface area contributed by atoms with Crippen molar-refractivity contribution in [1.29, 1.82) is 0 Å². The van der Waals surface area contributed by atoms with E-state index in [0.29, 0.717) is 10.6 Å². The molecule has 0 aromatic heterocycles. The molecule has 1 fully saturated rings. The summed E-state index contributed by atoms with van der Waals surface area (Å²) in [5.41, 5.74) is 0.630. The molecule has 1 amide bonds. The Bertz CT molecular complexity index is 743. The van der Waals surface area contributed by atoms with Gasteiger partial charge < -0.3 is 5.32 Å². The van der Waals surface area contributed by atoms with Gasteiger partial charge in [-0.15, -0.1) is 0 Å². The highest BCUT2D eigenvalue weighted by Gasteiger charge is 2.28. The van der Waals surface area contributed by atoms with E-state index in [1.165, 1.54) is 24.3 Å². The molecule has 25 heavy (non-hydrogen) atoms. The van der Waals surface area contributed by atoms with Crippen LogP contribution in [0.15, 0.2) is 42.5 Å². The molecule has 0 saturated carbocycles. The Labute approximate surface area is 150 Å². The van der Waals surface area contributed by atoms with Gasteiger partial charge in [-0.2, -0.15) is 0 Å². The van der Waals surface area contributed by atoms with Crippen LogP contribution in [-0.2, 0) is 0 Å². The van der Waals surface area contributed by atoms with Crippen LogP contribution in [0, 0.1) is 11.6 Å². The summed E-state index contributed by atoms with van der Waals surface area (Å²) >= 11 is 6.23. The molecular formula is C19H19ClF2N2O. The smallest absolute Gasteiger partial charge is 0.251 e. The lowest BCUT2D eigenvalue weighted by atomic mass is 10.0. The standard InChI is InChI=1S/C19H19ClF2N2O/c20-15-7-4-8-16(22)18(15)17(24-9-1-2-10-24)12-23-19(25)13-5-3-6-14(21)11-13/h3-8,11,17H,1-2,9-10,12H2,(H,23,25). The number of benzene rings is 2. The number of rotatable bonds is 5. The number of amides is 1. The van der Waals surface area contributed by atoms with Crippen LogP contribution in [0.5, 0.6) is 0 Å². The zero-order valence-corrected chi connectivity index (χ0v) is 14.4. The van der Waals surface area contributed by atoms with Gasteiger partial charge in [0.25, 0.3) is 5.91 Å². The first-order valence-electron chi connectivity index (χ1n) is 8.28. The minimum absolute atomic E-state index is 0.204. The predicted molar refractivity (Wildman–Crippen MR) is 93.7 cm³/mol. The van der Waals surface area contributed by atoms with Crippen molar-refractivity contribution in [2.24, 2.45) is 0 Å². The highest BCUT2D eigenvalue weighted by atomic mass is 35.5. The molecular weight excluding hydrogens is 346 g/mol. The zero-order valence-electron chi connectivity index (χ0n) is 13.6. The van der Waals surface area contributed by atoms with Crippen LogP contribution in [0.4, 0.5) is 8.78 Å². The van der Waals surface area contributed by atoms with Crippen molar-refractivity contribution in [2.75, 3.05) is 19.6 Å². The largest absolute Gasteiger partial charge is 0.350 e. The molecule has 1 atom stereocenters. The molecule has 1 saturated heterocycles. The molecule has 0 bridgehead atoms. The maximum atomic E-state index is 14.4. The fraction of sp³-hybridized carbons (Fsp3) is 0.316. The number of nitrogens with zero attached hydrogens (tertiary/aromatic N) is 1. The monoisotopic (exact) mass is 364 g/mol. The van der Waals surface area contributed by atoms with Crippen molar-refractivity contribution in [3.8, 4) is 0 Å². The van der Waals surface area contributed by atoms with E-state index in [4.69, 9.17) is 11.6 Å². The van der Waals surface area contributed by atoms with E-state index in [1.54, 1.807) is 18.2 Å². The average molecular weight is 365 g/mol. The number of likely N-dealkylation sites (tertiary alicyclic amines) is 1. The Balaban J connectivity index is 1.80. The number of halogens is 3. The Morgan fingerprint density at radius 3 is 2.56 bits per heavy atom. The fourth-order valence-electron chi connectivity index (χ4n) is 3.22. The first-order chi connectivity index (χ1) is 12.1. The summed E-state index contributed by atoms with van der Waals surface area (Å²) in [5.74, 6) is -1.25. The molecule has 1 heterocycles. The molecule has 2 aromatic rings. The van der Waals surface area contributed by atoms with E-state index in [9.17, 15) is 13.6 Å². The molecule has 1 unspecified atom stereocenters. The Kier molecular flexibility index (Phi) is 5.66. The van der Waals surface area contributed by atoms with Crippen molar-refractivity contribution in [2.45, 2.75) is 18.9 Å². The van der Waals surface area contributed by atoms with Crippen molar-refractivity contribution < 1.29 is 13.6 Å².